The van der Waals surface area contributed by atoms with E-state index >= 15 is 0 Å². The van der Waals surface area contributed by atoms with E-state index in [1.165, 1.54) is 16.9 Å². The first kappa shape index (κ1) is 11.1. The second-order valence-electron chi connectivity index (χ2n) is 2.80. The Morgan fingerprint density at radius 1 is 1.56 bits per heavy atom. The number of hydrogen-bond donors (Lipinski definition) is 0. The van der Waals surface area contributed by atoms with Gasteiger partial charge in [-0.1, -0.05) is 0 Å². The zero-order chi connectivity index (χ0) is 11.8. The number of rotatable bonds is 3. The number of nitrogens with zero attached hydrogens (tertiary/aromatic N) is 4. The summed E-state index contributed by atoms with van der Waals surface area (Å²) in [7, 11) is 1.16. The molecule has 0 aliphatic carbocycles. The first-order valence-corrected chi connectivity index (χ1v) is 6.61. The molecule has 86 valence electrons. The van der Waals surface area contributed by atoms with Crippen molar-refractivity contribution in [3.05, 3.63) is 12.4 Å². The van der Waals surface area contributed by atoms with Gasteiger partial charge in [0, 0.05) is 10.7 Å². The van der Waals surface area contributed by atoms with Crippen molar-refractivity contribution in [2.24, 2.45) is 0 Å². The van der Waals surface area contributed by atoms with Crippen LogP contribution in [0, 0.1) is 0 Å². The monoisotopic (exact) mass is 262 g/mol. The molecule has 0 fully saturated rings. The van der Waals surface area contributed by atoms with Gasteiger partial charge in [0.05, 0.1) is 19.0 Å². The molecule has 9 heteroatoms. The van der Waals surface area contributed by atoms with E-state index in [0.29, 0.717) is 12.4 Å². The summed E-state index contributed by atoms with van der Waals surface area (Å²) in [5.41, 5.74) is 0. The van der Waals surface area contributed by atoms with Gasteiger partial charge in [-0.2, -0.15) is 9.50 Å². The predicted molar refractivity (Wildman–Crippen MR) is 55.0 cm³/mol. The van der Waals surface area contributed by atoms with E-state index in [4.69, 9.17) is 15.4 Å². The fraction of sp³-hybridized carbons (Fsp3) is 0.286. The lowest BCUT2D eigenvalue weighted by Crippen LogP contribution is -1.97. The van der Waals surface area contributed by atoms with Gasteiger partial charge in [-0.25, -0.2) is 13.4 Å². The van der Waals surface area contributed by atoms with Crippen LogP contribution in [0.1, 0.15) is 6.92 Å². The van der Waals surface area contributed by atoms with Gasteiger partial charge < -0.3 is 4.74 Å². The molecule has 0 atom stereocenters. The largest absolute Gasteiger partial charge is 0.491 e. The third-order valence-corrected chi connectivity index (χ3v) is 2.70. The van der Waals surface area contributed by atoms with Crippen molar-refractivity contribution in [2.45, 2.75) is 12.1 Å². The molecule has 2 heterocycles. The van der Waals surface area contributed by atoms with E-state index in [0.717, 1.165) is 0 Å². The molecule has 0 saturated heterocycles. The molecule has 0 unspecified atom stereocenters. The third kappa shape index (κ3) is 2.07. The van der Waals surface area contributed by atoms with Crippen molar-refractivity contribution in [1.29, 1.82) is 0 Å². The quantitative estimate of drug-likeness (QED) is 0.747. The molecule has 2 aromatic heterocycles. The third-order valence-electron chi connectivity index (χ3n) is 1.68. The molecular weight excluding hydrogens is 256 g/mol. The maximum Gasteiger partial charge on any atom is 0.298 e. The molecule has 0 aromatic carbocycles. The molecule has 0 amide bonds. The minimum Gasteiger partial charge on any atom is -0.491 e. The highest BCUT2D eigenvalue weighted by Gasteiger charge is 2.17. The highest BCUT2D eigenvalue weighted by atomic mass is 35.7. The predicted octanol–water partition coefficient (Wildman–Crippen LogP) is 0.450. The highest BCUT2D eigenvalue weighted by Crippen LogP contribution is 2.13. The number of aromatic nitrogens is 4. The van der Waals surface area contributed by atoms with Gasteiger partial charge >= 0.3 is 0 Å². The topological polar surface area (TPSA) is 86.5 Å². The van der Waals surface area contributed by atoms with Gasteiger partial charge in [0.15, 0.2) is 5.75 Å². The van der Waals surface area contributed by atoms with Crippen LogP contribution in [0.2, 0.25) is 0 Å². The molecule has 0 bridgehead atoms. The second-order valence-corrected chi connectivity index (χ2v) is 5.26. The second kappa shape index (κ2) is 3.87. The SMILES string of the molecule is CCOc1cnc2nc(S(=O)(=O)Cl)nn2c1. The van der Waals surface area contributed by atoms with Crippen LogP contribution in [0.15, 0.2) is 17.6 Å². The molecular formula is C7H7ClN4O3S. The molecule has 0 aliphatic rings. The standard InChI is InChI=1S/C7H7ClN4O3S/c1-2-15-5-3-9-6-10-7(16(8,13)14)11-12(6)4-5/h3-4H,2H2,1H3. The van der Waals surface area contributed by atoms with E-state index in [-0.39, 0.29) is 5.78 Å². The highest BCUT2D eigenvalue weighted by molar-refractivity contribution is 8.13. The normalized spacial score (nSPS) is 11.9. The van der Waals surface area contributed by atoms with Crippen molar-refractivity contribution in [3.63, 3.8) is 0 Å². The van der Waals surface area contributed by atoms with Crippen molar-refractivity contribution < 1.29 is 13.2 Å². The molecule has 7 nitrogen and oxygen atoms in total. The van der Waals surface area contributed by atoms with Gasteiger partial charge in [-0.3, -0.25) is 0 Å². The van der Waals surface area contributed by atoms with Crippen molar-refractivity contribution in [2.75, 3.05) is 6.61 Å². The Kier molecular flexibility index (Phi) is 2.68. The van der Waals surface area contributed by atoms with Gasteiger partial charge in [0.1, 0.15) is 0 Å². The fourth-order valence-electron chi connectivity index (χ4n) is 1.09. The van der Waals surface area contributed by atoms with Crippen LogP contribution in [0.5, 0.6) is 5.75 Å². The Labute approximate surface area is 95.5 Å². The van der Waals surface area contributed by atoms with Crippen molar-refractivity contribution >= 4 is 25.5 Å². The first-order valence-electron chi connectivity index (χ1n) is 4.30. The number of halogens is 1. The number of ether oxygens (including phenoxy) is 1. The van der Waals surface area contributed by atoms with Crippen LogP contribution in [-0.4, -0.2) is 34.6 Å². The van der Waals surface area contributed by atoms with Gasteiger partial charge in [0.2, 0.25) is 0 Å². The molecule has 0 N–H and O–H groups in total. The summed E-state index contributed by atoms with van der Waals surface area (Å²) in [5.74, 6) is 0.612. The van der Waals surface area contributed by atoms with Crippen molar-refractivity contribution in [1.82, 2.24) is 19.6 Å². The van der Waals surface area contributed by atoms with Crippen LogP contribution < -0.4 is 4.74 Å². The minimum absolute atomic E-state index is 0.141. The Hall–Kier alpha value is -1.41. The average molecular weight is 263 g/mol. The number of fused-ring (bicyclic) bond motifs is 1. The summed E-state index contributed by atoms with van der Waals surface area (Å²) < 4.78 is 28.3. The molecule has 16 heavy (non-hydrogen) atoms. The van der Waals surface area contributed by atoms with Gasteiger partial charge in [0.25, 0.3) is 20.0 Å². The smallest absolute Gasteiger partial charge is 0.298 e. The summed E-state index contributed by atoms with van der Waals surface area (Å²) in [5, 5.41) is 3.19. The van der Waals surface area contributed by atoms with Gasteiger partial charge in [-0.05, 0) is 6.92 Å². The Morgan fingerprint density at radius 3 is 2.94 bits per heavy atom. The first-order chi connectivity index (χ1) is 7.50. The number of hydrogen-bond acceptors (Lipinski definition) is 6. The minimum atomic E-state index is -3.94. The molecule has 0 aliphatic heterocycles. The summed E-state index contributed by atoms with van der Waals surface area (Å²) in [6.07, 6.45) is 2.91. The van der Waals surface area contributed by atoms with E-state index in [2.05, 4.69) is 15.1 Å². The average Bonchev–Trinajstić information content (AvgIpc) is 2.60. The zero-order valence-electron chi connectivity index (χ0n) is 8.16. The Morgan fingerprint density at radius 2 is 2.31 bits per heavy atom. The summed E-state index contributed by atoms with van der Waals surface area (Å²) in [6.45, 7) is 2.29. The molecule has 2 rings (SSSR count). The van der Waals surface area contributed by atoms with Crippen LogP contribution >= 0.6 is 10.7 Å². The summed E-state index contributed by atoms with van der Waals surface area (Å²) in [4.78, 5) is 7.53. The van der Waals surface area contributed by atoms with E-state index in [9.17, 15) is 8.42 Å². The summed E-state index contributed by atoms with van der Waals surface area (Å²) >= 11 is 0. The van der Waals surface area contributed by atoms with E-state index in [1.54, 1.807) is 0 Å². The van der Waals surface area contributed by atoms with Crippen LogP contribution in [0.3, 0.4) is 0 Å². The molecule has 2 aromatic rings. The lowest BCUT2D eigenvalue weighted by Gasteiger charge is -2.00. The van der Waals surface area contributed by atoms with Crippen LogP contribution in [-0.2, 0) is 9.05 Å². The fourth-order valence-corrected chi connectivity index (χ4v) is 1.66. The molecule has 0 radical (unpaired) electrons. The lowest BCUT2D eigenvalue weighted by atomic mass is 10.6. The van der Waals surface area contributed by atoms with Crippen molar-refractivity contribution in [3.8, 4) is 5.75 Å². The van der Waals surface area contributed by atoms with E-state index in [1.807, 2.05) is 6.92 Å². The van der Waals surface area contributed by atoms with Crippen LogP contribution in [0.25, 0.3) is 5.78 Å². The maximum absolute atomic E-state index is 11.0. The van der Waals surface area contributed by atoms with E-state index < -0.39 is 14.2 Å². The lowest BCUT2D eigenvalue weighted by molar-refractivity contribution is 0.336. The van der Waals surface area contributed by atoms with Crippen LogP contribution in [0.4, 0.5) is 0 Å². The Balaban J connectivity index is 2.54. The molecule has 0 spiro atoms. The maximum atomic E-state index is 11.0. The summed E-state index contributed by atoms with van der Waals surface area (Å²) in [6, 6.07) is 0. The molecule has 0 saturated carbocycles. The Bertz CT molecular complexity index is 624. The van der Waals surface area contributed by atoms with Gasteiger partial charge in [-0.15, -0.1) is 5.10 Å². The zero-order valence-corrected chi connectivity index (χ0v) is 9.73.